The SMILES string of the molecule is CCSC1=C(c2ccc(C)cc2)C(=O)N(c2cccc(C)c2)C1=O. The van der Waals surface area contributed by atoms with Gasteiger partial charge in [0, 0.05) is 0 Å². The Kier molecular flexibility index (Phi) is 4.58. The van der Waals surface area contributed by atoms with Crippen LogP contribution in [0.4, 0.5) is 5.69 Å². The number of amides is 2. The van der Waals surface area contributed by atoms with Gasteiger partial charge in [-0.3, -0.25) is 9.59 Å². The molecule has 3 rings (SSSR count). The van der Waals surface area contributed by atoms with Gasteiger partial charge < -0.3 is 0 Å². The van der Waals surface area contributed by atoms with E-state index >= 15 is 0 Å². The molecule has 3 nitrogen and oxygen atoms in total. The van der Waals surface area contributed by atoms with Gasteiger partial charge in [0.25, 0.3) is 11.8 Å². The third-order valence-corrected chi connectivity index (χ3v) is 4.89. The quantitative estimate of drug-likeness (QED) is 0.779. The number of benzene rings is 2. The van der Waals surface area contributed by atoms with Gasteiger partial charge in [0.15, 0.2) is 0 Å². The van der Waals surface area contributed by atoms with Crippen LogP contribution in [0.15, 0.2) is 53.4 Å². The van der Waals surface area contributed by atoms with Crippen molar-refractivity contribution in [3.63, 3.8) is 0 Å². The Balaban J connectivity index is 2.09. The fourth-order valence-corrected chi connectivity index (χ4v) is 3.62. The summed E-state index contributed by atoms with van der Waals surface area (Å²) in [4.78, 5) is 27.8. The first-order valence-electron chi connectivity index (χ1n) is 7.92. The average molecular weight is 337 g/mol. The van der Waals surface area contributed by atoms with Gasteiger partial charge in [0.05, 0.1) is 16.2 Å². The van der Waals surface area contributed by atoms with Crippen LogP contribution < -0.4 is 4.90 Å². The Bertz CT molecular complexity index is 837. The molecule has 1 aliphatic heterocycles. The van der Waals surface area contributed by atoms with E-state index in [1.165, 1.54) is 16.7 Å². The van der Waals surface area contributed by atoms with Gasteiger partial charge in [-0.15, -0.1) is 11.8 Å². The third-order valence-electron chi connectivity index (χ3n) is 3.93. The number of hydrogen-bond donors (Lipinski definition) is 0. The maximum atomic E-state index is 13.0. The van der Waals surface area contributed by atoms with E-state index in [-0.39, 0.29) is 11.8 Å². The molecule has 1 aliphatic rings. The monoisotopic (exact) mass is 337 g/mol. The lowest BCUT2D eigenvalue weighted by Crippen LogP contribution is -2.31. The van der Waals surface area contributed by atoms with Crippen LogP contribution >= 0.6 is 11.8 Å². The summed E-state index contributed by atoms with van der Waals surface area (Å²) in [5, 5.41) is 0. The van der Waals surface area contributed by atoms with Gasteiger partial charge in [-0.25, -0.2) is 4.90 Å². The summed E-state index contributed by atoms with van der Waals surface area (Å²) in [5.41, 5.74) is 4.07. The summed E-state index contributed by atoms with van der Waals surface area (Å²) in [6.45, 7) is 5.93. The van der Waals surface area contributed by atoms with E-state index < -0.39 is 0 Å². The number of hydrogen-bond acceptors (Lipinski definition) is 3. The van der Waals surface area contributed by atoms with Crippen molar-refractivity contribution in [2.45, 2.75) is 20.8 Å². The van der Waals surface area contributed by atoms with Gasteiger partial charge in [-0.2, -0.15) is 0 Å². The standard InChI is InChI=1S/C20H19NO2S/c1-4-24-18-17(15-10-8-13(2)9-11-15)19(22)21(20(18)23)16-7-5-6-14(3)12-16/h5-12H,4H2,1-3H3. The lowest BCUT2D eigenvalue weighted by molar-refractivity contribution is -0.119. The second kappa shape index (κ2) is 6.65. The highest BCUT2D eigenvalue weighted by Gasteiger charge is 2.39. The Labute approximate surface area is 146 Å². The van der Waals surface area contributed by atoms with Crippen molar-refractivity contribution >= 4 is 34.8 Å². The van der Waals surface area contributed by atoms with Crippen molar-refractivity contribution in [1.82, 2.24) is 0 Å². The summed E-state index contributed by atoms with van der Waals surface area (Å²) < 4.78 is 0. The normalized spacial score (nSPS) is 14.7. The first-order chi connectivity index (χ1) is 11.5. The maximum absolute atomic E-state index is 13.0. The second-order valence-electron chi connectivity index (χ2n) is 5.79. The van der Waals surface area contributed by atoms with Crippen LogP contribution in [0.25, 0.3) is 5.57 Å². The number of nitrogens with zero attached hydrogens (tertiary/aromatic N) is 1. The van der Waals surface area contributed by atoms with E-state index in [4.69, 9.17) is 0 Å². The molecule has 0 radical (unpaired) electrons. The van der Waals surface area contributed by atoms with Gasteiger partial charge in [0.1, 0.15) is 0 Å². The Hall–Kier alpha value is -2.33. The molecule has 0 unspecified atom stereocenters. The fourth-order valence-electron chi connectivity index (χ4n) is 2.76. The zero-order valence-corrected chi connectivity index (χ0v) is 14.8. The van der Waals surface area contributed by atoms with Crippen molar-refractivity contribution in [1.29, 1.82) is 0 Å². The zero-order chi connectivity index (χ0) is 17.3. The van der Waals surface area contributed by atoms with E-state index in [0.29, 0.717) is 16.2 Å². The molecule has 0 spiro atoms. The largest absolute Gasteiger partial charge is 0.272 e. The van der Waals surface area contributed by atoms with Crippen LogP contribution in [-0.2, 0) is 9.59 Å². The van der Waals surface area contributed by atoms with Crippen molar-refractivity contribution < 1.29 is 9.59 Å². The highest BCUT2D eigenvalue weighted by atomic mass is 32.2. The van der Waals surface area contributed by atoms with E-state index in [2.05, 4.69) is 0 Å². The number of rotatable bonds is 4. The van der Waals surface area contributed by atoms with Crippen LogP contribution in [0, 0.1) is 13.8 Å². The number of imide groups is 1. The Morgan fingerprint density at radius 3 is 2.25 bits per heavy atom. The van der Waals surface area contributed by atoms with E-state index in [9.17, 15) is 9.59 Å². The molecule has 0 saturated heterocycles. The smallest absolute Gasteiger partial charge is 0.268 e. The van der Waals surface area contributed by atoms with Crippen molar-refractivity contribution in [3.05, 3.63) is 70.1 Å². The van der Waals surface area contributed by atoms with Gasteiger partial charge in [-0.05, 0) is 42.9 Å². The topological polar surface area (TPSA) is 37.4 Å². The summed E-state index contributed by atoms with van der Waals surface area (Å²) in [7, 11) is 0. The molecule has 1 heterocycles. The van der Waals surface area contributed by atoms with E-state index in [1.807, 2.05) is 63.2 Å². The minimum atomic E-state index is -0.245. The molecular weight excluding hydrogens is 318 g/mol. The predicted molar refractivity (Wildman–Crippen MR) is 99.9 cm³/mol. The van der Waals surface area contributed by atoms with E-state index in [0.717, 1.165) is 22.4 Å². The molecular formula is C20H19NO2S. The predicted octanol–water partition coefficient (Wildman–Crippen LogP) is 4.34. The van der Waals surface area contributed by atoms with Crippen LogP contribution in [0.3, 0.4) is 0 Å². The summed E-state index contributed by atoms with van der Waals surface area (Å²) >= 11 is 1.43. The first-order valence-corrected chi connectivity index (χ1v) is 8.91. The summed E-state index contributed by atoms with van der Waals surface area (Å²) in [5.74, 6) is 0.268. The van der Waals surface area contributed by atoms with Crippen LogP contribution in [0.2, 0.25) is 0 Å². The van der Waals surface area contributed by atoms with E-state index in [1.54, 1.807) is 6.07 Å². The first kappa shape index (κ1) is 16.5. The Morgan fingerprint density at radius 2 is 1.62 bits per heavy atom. The molecule has 2 aromatic rings. The molecule has 4 heteroatoms. The van der Waals surface area contributed by atoms with Crippen molar-refractivity contribution in [2.75, 3.05) is 10.7 Å². The zero-order valence-electron chi connectivity index (χ0n) is 14.0. The van der Waals surface area contributed by atoms with Gasteiger partial charge in [0.2, 0.25) is 0 Å². The minimum Gasteiger partial charge on any atom is -0.268 e. The molecule has 0 aromatic heterocycles. The maximum Gasteiger partial charge on any atom is 0.272 e. The lowest BCUT2D eigenvalue weighted by atomic mass is 10.0. The van der Waals surface area contributed by atoms with Crippen LogP contribution in [0.5, 0.6) is 0 Å². The van der Waals surface area contributed by atoms with Crippen LogP contribution in [-0.4, -0.2) is 17.6 Å². The molecule has 0 aliphatic carbocycles. The number of carbonyl (C=O) groups excluding carboxylic acids is 2. The molecule has 122 valence electrons. The molecule has 2 amide bonds. The van der Waals surface area contributed by atoms with Gasteiger partial charge in [-0.1, -0.05) is 48.9 Å². The van der Waals surface area contributed by atoms with Crippen LogP contribution in [0.1, 0.15) is 23.6 Å². The number of anilines is 1. The molecule has 0 bridgehead atoms. The number of aryl methyl sites for hydroxylation is 2. The number of carbonyl (C=O) groups is 2. The molecule has 0 fully saturated rings. The number of thioether (sulfide) groups is 1. The molecule has 24 heavy (non-hydrogen) atoms. The highest BCUT2D eigenvalue weighted by Crippen LogP contribution is 2.38. The van der Waals surface area contributed by atoms with Crippen molar-refractivity contribution in [2.24, 2.45) is 0 Å². The lowest BCUT2D eigenvalue weighted by Gasteiger charge is -2.15. The molecule has 0 saturated carbocycles. The molecule has 0 atom stereocenters. The second-order valence-corrected chi connectivity index (χ2v) is 7.06. The molecule has 0 N–H and O–H groups in total. The highest BCUT2D eigenvalue weighted by molar-refractivity contribution is 8.04. The fraction of sp³-hybridized carbons (Fsp3) is 0.200. The summed E-state index contributed by atoms with van der Waals surface area (Å²) in [6.07, 6.45) is 0. The average Bonchev–Trinajstić information content (AvgIpc) is 2.80. The Morgan fingerprint density at radius 1 is 0.917 bits per heavy atom. The van der Waals surface area contributed by atoms with Crippen molar-refractivity contribution in [3.8, 4) is 0 Å². The third kappa shape index (κ3) is 2.89. The summed E-state index contributed by atoms with van der Waals surface area (Å²) in [6, 6.07) is 15.2. The molecule has 2 aromatic carbocycles. The minimum absolute atomic E-state index is 0.229. The van der Waals surface area contributed by atoms with Gasteiger partial charge >= 0.3 is 0 Å².